The van der Waals surface area contributed by atoms with Crippen LogP contribution in [0.4, 0.5) is 0 Å². The normalized spacial score (nSPS) is 14.0. The molecule has 2 aromatic rings. The van der Waals surface area contributed by atoms with Gasteiger partial charge in [0.1, 0.15) is 5.75 Å². The van der Waals surface area contributed by atoms with Crippen molar-refractivity contribution >= 4 is 5.91 Å². The number of hydrogen-bond acceptors (Lipinski definition) is 4. The minimum absolute atomic E-state index is 0.0825. The summed E-state index contributed by atoms with van der Waals surface area (Å²) in [5, 5.41) is 13.9. The minimum Gasteiger partial charge on any atom is -0.508 e. The molecule has 110 valence electrons. The zero-order valence-corrected chi connectivity index (χ0v) is 11.7. The highest BCUT2D eigenvalue weighted by molar-refractivity contribution is 5.79. The lowest BCUT2D eigenvalue weighted by atomic mass is 10.1. The molecule has 0 unspecified atom stereocenters. The summed E-state index contributed by atoms with van der Waals surface area (Å²) in [6.07, 6.45) is 0.143. The van der Waals surface area contributed by atoms with E-state index in [4.69, 9.17) is 0 Å². The summed E-state index contributed by atoms with van der Waals surface area (Å²) in [4.78, 5) is 25.7. The number of hydrogen-bond donors (Lipinski definition) is 1. The molecule has 1 aliphatic heterocycles. The molecule has 0 radical (unpaired) electrons. The molecule has 0 spiro atoms. The van der Waals surface area contributed by atoms with Crippen molar-refractivity contribution < 1.29 is 9.90 Å². The van der Waals surface area contributed by atoms with Gasteiger partial charge in [0.05, 0.1) is 13.0 Å². The Morgan fingerprint density at radius 2 is 2.10 bits per heavy atom. The summed E-state index contributed by atoms with van der Waals surface area (Å²) < 4.78 is 2.87. The van der Waals surface area contributed by atoms with Crippen molar-refractivity contribution in [1.29, 1.82) is 0 Å². The number of para-hydroxylation sites is 1. The topological polar surface area (TPSA) is 80.4 Å². The SMILES string of the molecule is Cn1nc2n(c1=O)CCN(C(=O)Cc1ccccc1O)C2. The van der Waals surface area contributed by atoms with Gasteiger partial charge in [-0.1, -0.05) is 18.2 Å². The first-order valence-electron chi connectivity index (χ1n) is 6.73. The first-order chi connectivity index (χ1) is 10.1. The molecule has 1 N–H and O–H groups in total. The Morgan fingerprint density at radius 3 is 2.86 bits per heavy atom. The number of phenols is 1. The maximum Gasteiger partial charge on any atom is 0.345 e. The van der Waals surface area contributed by atoms with Gasteiger partial charge in [-0.2, -0.15) is 5.10 Å². The molecule has 0 saturated heterocycles. The highest BCUT2D eigenvalue weighted by atomic mass is 16.3. The van der Waals surface area contributed by atoms with E-state index in [0.29, 0.717) is 31.0 Å². The summed E-state index contributed by atoms with van der Waals surface area (Å²) in [6.45, 7) is 1.25. The Kier molecular flexibility index (Phi) is 3.25. The number of aryl methyl sites for hydroxylation is 1. The largest absolute Gasteiger partial charge is 0.508 e. The number of fused-ring (bicyclic) bond motifs is 1. The summed E-state index contributed by atoms with van der Waals surface area (Å²) in [5.74, 6) is 0.637. The molecule has 21 heavy (non-hydrogen) atoms. The molecule has 7 heteroatoms. The molecule has 0 bridgehead atoms. The molecular weight excluding hydrogens is 272 g/mol. The lowest BCUT2D eigenvalue weighted by molar-refractivity contribution is -0.132. The van der Waals surface area contributed by atoms with Crippen LogP contribution in [0.2, 0.25) is 0 Å². The quantitative estimate of drug-likeness (QED) is 0.835. The molecular formula is C14H16N4O3. The number of benzene rings is 1. The van der Waals surface area contributed by atoms with Crippen molar-refractivity contribution in [2.45, 2.75) is 19.5 Å². The van der Waals surface area contributed by atoms with Crippen molar-refractivity contribution in [3.63, 3.8) is 0 Å². The number of phenolic OH excluding ortho intramolecular Hbond substituents is 1. The number of aromatic hydroxyl groups is 1. The van der Waals surface area contributed by atoms with Crippen LogP contribution in [0.3, 0.4) is 0 Å². The Labute approximate surface area is 121 Å². The van der Waals surface area contributed by atoms with E-state index in [9.17, 15) is 14.7 Å². The molecule has 1 aromatic carbocycles. The highest BCUT2D eigenvalue weighted by Crippen LogP contribution is 2.18. The summed E-state index contributed by atoms with van der Waals surface area (Å²) in [5.41, 5.74) is 0.448. The second kappa shape index (κ2) is 5.08. The van der Waals surface area contributed by atoms with Gasteiger partial charge in [-0.3, -0.25) is 9.36 Å². The van der Waals surface area contributed by atoms with Crippen LogP contribution in [0.1, 0.15) is 11.4 Å². The molecule has 0 saturated carbocycles. The van der Waals surface area contributed by atoms with Gasteiger partial charge in [-0.25, -0.2) is 9.48 Å². The van der Waals surface area contributed by atoms with Gasteiger partial charge < -0.3 is 10.0 Å². The standard InChI is InChI=1S/C14H16N4O3/c1-16-14(21)18-7-6-17(9-12(18)15-16)13(20)8-10-4-2-3-5-11(10)19/h2-5,19H,6-9H2,1H3. The number of nitrogens with zero attached hydrogens (tertiary/aromatic N) is 4. The van der Waals surface area contributed by atoms with Crippen molar-refractivity contribution in [2.75, 3.05) is 6.54 Å². The fraction of sp³-hybridized carbons (Fsp3) is 0.357. The average molecular weight is 288 g/mol. The molecule has 3 rings (SSSR count). The molecule has 2 heterocycles. The summed E-state index contributed by atoms with van der Waals surface area (Å²) in [6, 6.07) is 6.80. The van der Waals surface area contributed by atoms with E-state index in [1.165, 1.54) is 4.68 Å². The number of carbonyl (C=O) groups excluding carboxylic acids is 1. The minimum atomic E-state index is -0.155. The first kappa shape index (κ1) is 13.4. The van der Waals surface area contributed by atoms with Crippen LogP contribution in [0.25, 0.3) is 0 Å². The van der Waals surface area contributed by atoms with Crippen molar-refractivity contribution in [3.8, 4) is 5.75 Å². The lowest BCUT2D eigenvalue weighted by Crippen LogP contribution is -2.41. The van der Waals surface area contributed by atoms with E-state index in [1.54, 1.807) is 40.8 Å². The van der Waals surface area contributed by atoms with Gasteiger partial charge >= 0.3 is 5.69 Å². The monoisotopic (exact) mass is 288 g/mol. The smallest absolute Gasteiger partial charge is 0.345 e. The van der Waals surface area contributed by atoms with Gasteiger partial charge in [-0.15, -0.1) is 0 Å². The predicted octanol–water partition coefficient (Wildman–Crippen LogP) is -0.128. The Bertz CT molecular complexity index is 747. The molecule has 7 nitrogen and oxygen atoms in total. The van der Waals surface area contributed by atoms with Crippen LogP contribution in [-0.4, -0.2) is 36.8 Å². The average Bonchev–Trinajstić information content (AvgIpc) is 2.76. The zero-order chi connectivity index (χ0) is 15.0. The van der Waals surface area contributed by atoms with Crippen LogP contribution in [0, 0.1) is 0 Å². The first-order valence-corrected chi connectivity index (χ1v) is 6.73. The molecule has 1 aromatic heterocycles. The number of aromatic nitrogens is 3. The van der Waals surface area contributed by atoms with Gasteiger partial charge in [0.2, 0.25) is 5.91 Å². The van der Waals surface area contributed by atoms with Crippen LogP contribution < -0.4 is 5.69 Å². The Hall–Kier alpha value is -2.57. The van der Waals surface area contributed by atoms with E-state index < -0.39 is 0 Å². The van der Waals surface area contributed by atoms with E-state index in [-0.39, 0.29) is 23.8 Å². The maximum atomic E-state index is 12.3. The van der Waals surface area contributed by atoms with Gasteiger partial charge in [0.25, 0.3) is 0 Å². The fourth-order valence-corrected chi connectivity index (χ4v) is 2.52. The van der Waals surface area contributed by atoms with Gasteiger partial charge in [0, 0.05) is 25.7 Å². The van der Waals surface area contributed by atoms with Gasteiger partial charge in [0.15, 0.2) is 5.82 Å². The molecule has 0 fully saturated rings. The third-order valence-corrected chi connectivity index (χ3v) is 3.70. The second-order valence-electron chi connectivity index (χ2n) is 5.09. The maximum absolute atomic E-state index is 12.3. The Balaban J connectivity index is 1.76. The molecule has 0 aliphatic carbocycles. The number of carbonyl (C=O) groups is 1. The second-order valence-corrected chi connectivity index (χ2v) is 5.09. The Morgan fingerprint density at radius 1 is 1.33 bits per heavy atom. The summed E-state index contributed by atoms with van der Waals surface area (Å²) in [7, 11) is 1.60. The number of rotatable bonds is 2. The fourth-order valence-electron chi connectivity index (χ4n) is 2.52. The van der Waals surface area contributed by atoms with E-state index in [1.807, 2.05) is 0 Å². The van der Waals surface area contributed by atoms with Crippen LogP contribution in [0.15, 0.2) is 29.1 Å². The molecule has 1 aliphatic rings. The van der Waals surface area contributed by atoms with Crippen molar-refractivity contribution in [2.24, 2.45) is 7.05 Å². The predicted molar refractivity (Wildman–Crippen MR) is 74.7 cm³/mol. The van der Waals surface area contributed by atoms with E-state index in [0.717, 1.165) is 0 Å². The third-order valence-electron chi connectivity index (χ3n) is 3.70. The third kappa shape index (κ3) is 2.42. The van der Waals surface area contributed by atoms with Crippen LogP contribution in [0.5, 0.6) is 5.75 Å². The van der Waals surface area contributed by atoms with Crippen molar-refractivity contribution in [3.05, 3.63) is 46.1 Å². The molecule has 1 amide bonds. The lowest BCUT2D eigenvalue weighted by Gasteiger charge is -2.26. The van der Waals surface area contributed by atoms with Crippen molar-refractivity contribution in [1.82, 2.24) is 19.2 Å². The highest BCUT2D eigenvalue weighted by Gasteiger charge is 2.24. The van der Waals surface area contributed by atoms with E-state index >= 15 is 0 Å². The van der Waals surface area contributed by atoms with Crippen LogP contribution in [-0.2, 0) is 31.4 Å². The summed E-state index contributed by atoms with van der Waals surface area (Å²) >= 11 is 0. The zero-order valence-electron chi connectivity index (χ0n) is 11.7. The van der Waals surface area contributed by atoms with E-state index in [2.05, 4.69) is 5.10 Å². The number of amides is 1. The molecule has 0 atom stereocenters. The van der Waals surface area contributed by atoms with Crippen LogP contribution >= 0.6 is 0 Å². The van der Waals surface area contributed by atoms with Gasteiger partial charge in [-0.05, 0) is 6.07 Å².